The van der Waals surface area contributed by atoms with Gasteiger partial charge in [0.1, 0.15) is 43.0 Å². The average Bonchev–Trinajstić information content (AvgIpc) is 3.60. The number of rotatable bonds is 13. The molecule has 0 saturated carbocycles. The number of nitrogens with zero attached hydrogens (tertiary/aromatic N) is 2. The second-order valence-corrected chi connectivity index (χ2v) is 8.49. The Bertz CT molecular complexity index is 1480. The lowest BCUT2D eigenvalue weighted by atomic mass is 10.3. The number of halogens is 2. The number of aliphatic carboxylic acids is 1. The number of aromatic nitrogens is 2. The van der Waals surface area contributed by atoms with E-state index in [-0.39, 0.29) is 32.3 Å². The molecule has 0 fully saturated rings. The van der Waals surface area contributed by atoms with Crippen molar-refractivity contribution in [2.75, 3.05) is 19.8 Å². The van der Waals surface area contributed by atoms with Gasteiger partial charge in [0.25, 0.3) is 0 Å². The van der Waals surface area contributed by atoms with Crippen molar-refractivity contribution in [2.45, 2.75) is 27.9 Å². The molecule has 8 nitrogen and oxygen atoms in total. The van der Waals surface area contributed by atoms with E-state index in [2.05, 4.69) is 0 Å². The maximum absolute atomic E-state index is 13.0. The van der Waals surface area contributed by atoms with Crippen molar-refractivity contribution >= 4 is 23.9 Å². The van der Waals surface area contributed by atoms with Crippen LogP contribution in [0, 0.1) is 11.6 Å². The fraction of sp³-hybridized carbons (Fsp3) is 0.212. The van der Waals surface area contributed by atoms with Gasteiger partial charge in [-0.25, -0.2) is 13.6 Å². The van der Waals surface area contributed by atoms with Crippen molar-refractivity contribution in [1.82, 2.24) is 9.13 Å². The quantitative estimate of drug-likeness (QED) is 0.174. The smallest absolute Gasteiger partial charge is 0.328 e. The molecule has 0 aliphatic rings. The monoisotopic (exact) mass is 596 g/mol. The van der Waals surface area contributed by atoms with Gasteiger partial charge in [0.2, 0.25) is 0 Å². The number of carbonyl (C=O) groups is 2. The summed E-state index contributed by atoms with van der Waals surface area (Å²) in [7, 11) is 0. The van der Waals surface area contributed by atoms with Gasteiger partial charge in [-0.3, -0.25) is 4.79 Å². The second-order valence-electron chi connectivity index (χ2n) is 8.49. The van der Waals surface area contributed by atoms with E-state index >= 15 is 0 Å². The number of carboxylic acids is 1. The van der Waals surface area contributed by atoms with Gasteiger partial charge in [-0.15, -0.1) is 0 Å². The third-order valence-corrected chi connectivity index (χ3v) is 5.52. The number of carboxylic acid groups (broad SMARTS) is 1. The number of carbonyl (C=O) groups excluding carboxylic acids is 1. The largest absolute Gasteiger partial charge is 0.492 e. The molecule has 4 rings (SSSR count). The highest BCUT2D eigenvalue weighted by atomic mass is 19.1. The first-order chi connectivity index (χ1) is 19.8. The number of hydrogen-bond acceptors (Lipinski definition) is 5. The molecule has 0 radical (unpaired) electrons. The molecule has 2 aromatic carbocycles. The van der Waals surface area contributed by atoms with Gasteiger partial charge in [-0.05, 0) is 66.8 Å². The van der Waals surface area contributed by atoms with E-state index in [4.69, 9.17) is 19.7 Å². The summed E-state index contributed by atoms with van der Waals surface area (Å²) < 4.78 is 40.6. The number of ether oxygens (including phenoxy) is 2. The fourth-order valence-corrected chi connectivity index (χ4v) is 3.59. The lowest BCUT2D eigenvalue weighted by molar-refractivity contribution is -0.131. The van der Waals surface area contributed by atoms with Crippen LogP contribution in [-0.4, -0.2) is 50.9 Å². The van der Waals surface area contributed by atoms with E-state index in [1.807, 2.05) is 45.8 Å². The molecule has 0 amide bonds. The van der Waals surface area contributed by atoms with Gasteiger partial charge < -0.3 is 28.8 Å². The zero-order valence-electron chi connectivity index (χ0n) is 22.1. The Morgan fingerprint density at radius 1 is 0.721 bits per heavy atom. The van der Waals surface area contributed by atoms with Crippen molar-refractivity contribution in [1.29, 1.82) is 0 Å². The number of aliphatic hydroxyl groups is 1. The highest BCUT2D eigenvalue weighted by Crippen LogP contribution is 2.14. The number of ketones is 1. The van der Waals surface area contributed by atoms with Crippen molar-refractivity contribution < 1.29 is 38.1 Å². The summed E-state index contributed by atoms with van der Waals surface area (Å²) in [6.45, 7) is 1.36. The number of aliphatic hydroxyl groups excluding tert-OH is 1. The van der Waals surface area contributed by atoms with E-state index in [0.29, 0.717) is 37.8 Å². The van der Waals surface area contributed by atoms with Crippen LogP contribution in [0.1, 0.15) is 26.2 Å². The lowest BCUT2D eigenvalue weighted by Gasteiger charge is -2.09. The van der Waals surface area contributed by atoms with E-state index in [9.17, 15) is 18.4 Å². The summed E-state index contributed by atoms with van der Waals surface area (Å²) in [5.41, 5.74) is 1.61. The highest BCUT2D eigenvalue weighted by molar-refractivity contribution is 5.94. The third-order valence-electron chi connectivity index (χ3n) is 5.52. The zero-order valence-corrected chi connectivity index (χ0v) is 22.1. The summed E-state index contributed by atoms with van der Waals surface area (Å²) in [6, 6.07) is 19.3. The van der Waals surface area contributed by atoms with Gasteiger partial charge >= 0.3 is 5.97 Å². The van der Waals surface area contributed by atoms with Crippen molar-refractivity contribution in [3.05, 3.63) is 120 Å². The Kier molecular flexibility index (Phi) is 16.1. The predicted octanol–water partition coefficient (Wildman–Crippen LogP) is 6.36. The van der Waals surface area contributed by atoms with Crippen LogP contribution in [-0.2, 0) is 22.7 Å². The van der Waals surface area contributed by atoms with Crippen LogP contribution in [0.3, 0.4) is 0 Å². The topological polar surface area (TPSA) is 103 Å². The Morgan fingerprint density at radius 3 is 1.60 bits per heavy atom. The molecule has 2 heterocycles. The molecule has 0 atom stereocenters. The van der Waals surface area contributed by atoms with E-state index in [0.717, 1.165) is 17.5 Å². The minimum absolute atomic E-state index is 0. The molecule has 2 N–H and O–H groups in total. The molecule has 10 heteroatoms. The summed E-state index contributed by atoms with van der Waals surface area (Å²) in [6.07, 6.45) is 9.26. The van der Waals surface area contributed by atoms with E-state index < -0.39 is 12.6 Å². The first-order valence-corrected chi connectivity index (χ1v) is 12.6. The zero-order chi connectivity index (χ0) is 29.5. The van der Waals surface area contributed by atoms with Crippen molar-refractivity contribution in [2.24, 2.45) is 0 Å². The molecule has 0 unspecified atom stereocenters. The Balaban J connectivity index is 0.000000411. The van der Waals surface area contributed by atoms with Crippen LogP contribution in [0.2, 0.25) is 0 Å². The van der Waals surface area contributed by atoms with E-state index in [1.165, 1.54) is 36.4 Å². The summed E-state index contributed by atoms with van der Waals surface area (Å²) in [5, 5.41) is 17.3. The Hall–Kier alpha value is -4.96. The van der Waals surface area contributed by atoms with Crippen LogP contribution in [0.15, 0.2) is 97.3 Å². The average molecular weight is 597 g/mol. The molecule has 4 aromatic rings. The summed E-state index contributed by atoms with van der Waals surface area (Å²) >= 11 is 0. The molecular weight excluding hydrogens is 558 g/mol. The van der Waals surface area contributed by atoms with Gasteiger partial charge in [0, 0.05) is 42.0 Å². The molecular formula is C33H38F2N2O6. The standard InChI is InChI=1S/C16H16FNO3.C15H14FNO3.2CH4/c17-13-3-1-5-16(11-13)21-10-9-18-8-2-4-14(18)6-7-15(20)12-19;16-12-3-1-5-14(11-12)20-10-9-17-8-2-4-13(17)6-7-15(18)19;;/h1-8,11,19H,9-10,12H2;1-8,11H,9-10H2,(H,18,19);2*1H4/b2*7-6+;;. The minimum atomic E-state index is -0.992. The van der Waals surface area contributed by atoms with Gasteiger partial charge in [-0.2, -0.15) is 0 Å². The lowest BCUT2D eigenvalue weighted by Crippen LogP contribution is -2.08. The molecule has 43 heavy (non-hydrogen) atoms. The SMILES string of the molecule is C.C.O=C(/C=C/c1cccn1CCOc1cccc(F)c1)CO.O=C(O)/C=C/c1cccn1CCOc1cccc(F)c1. The normalized spacial score (nSPS) is 10.4. The van der Waals surface area contributed by atoms with Crippen LogP contribution in [0.4, 0.5) is 8.78 Å². The molecule has 0 spiro atoms. The maximum Gasteiger partial charge on any atom is 0.328 e. The maximum atomic E-state index is 13.0. The van der Waals surface area contributed by atoms with Gasteiger partial charge in [-0.1, -0.05) is 27.0 Å². The number of benzene rings is 2. The summed E-state index contributed by atoms with van der Waals surface area (Å²) in [5.74, 6) is -1.06. The molecule has 0 aliphatic carbocycles. The molecule has 0 aliphatic heterocycles. The van der Waals surface area contributed by atoms with Crippen LogP contribution in [0.25, 0.3) is 12.2 Å². The van der Waals surface area contributed by atoms with Crippen LogP contribution in [0.5, 0.6) is 11.5 Å². The predicted molar refractivity (Wildman–Crippen MR) is 164 cm³/mol. The first-order valence-electron chi connectivity index (χ1n) is 12.6. The number of hydrogen-bond donors (Lipinski definition) is 2. The van der Waals surface area contributed by atoms with E-state index in [1.54, 1.807) is 30.3 Å². The first kappa shape index (κ1) is 36.1. The molecule has 230 valence electrons. The second kappa shape index (κ2) is 19.2. The molecule has 0 saturated heterocycles. The van der Waals surface area contributed by atoms with Crippen molar-refractivity contribution in [3.8, 4) is 11.5 Å². The van der Waals surface area contributed by atoms with Gasteiger partial charge in [0.05, 0.1) is 13.1 Å². The molecule has 2 aromatic heterocycles. The minimum Gasteiger partial charge on any atom is -0.492 e. The van der Waals surface area contributed by atoms with Crippen LogP contribution >= 0.6 is 0 Å². The fourth-order valence-electron chi connectivity index (χ4n) is 3.59. The van der Waals surface area contributed by atoms with Crippen molar-refractivity contribution in [3.63, 3.8) is 0 Å². The summed E-state index contributed by atoms with van der Waals surface area (Å²) in [4.78, 5) is 21.5. The highest BCUT2D eigenvalue weighted by Gasteiger charge is 2.02. The van der Waals surface area contributed by atoms with Gasteiger partial charge in [0.15, 0.2) is 5.78 Å². The van der Waals surface area contributed by atoms with Crippen LogP contribution < -0.4 is 9.47 Å². The molecule has 0 bridgehead atoms. The Labute approximate surface area is 250 Å². The third kappa shape index (κ3) is 13.0. The Morgan fingerprint density at radius 2 is 1.19 bits per heavy atom.